The topological polar surface area (TPSA) is 23.6 Å². The van der Waals surface area contributed by atoms with Crippen molar-refractivity contribution in [3.8, 4) is 0 Å². The van der Waals surface area contributed by atoms with E-state index >= 15 is 0 Å². The zero-order valence-electron chi connectivity index (χ0n) is 18.7. The summed E-state index contributed by atoms with van der Waals surface area (Å²) in [5.41, 5.74) is 5.83. The SMILES string of the molecule is O=C1c2ccccc2CCc2ccccc2N1CCC1CCN(Cc2ccccc2)CC1. The highest BCUT2D eigenvalue weighted by Gasteiger charge is 2.26. The second-order valence-electron chi connectivity index (χ2n) is 9.24. The number of rotatable bonds is 5. The largest absolute Gasteiger partial charge is 0.308 e. The number of fused-ring (bicyclic) bond motifs is 2. The van der Waals surface area contributed by atoms with Crippen LogP contribution in [0.3, 0.4) is 0 Å². The Bertz CT molecular complexity index is 1050. The minimum absolute atomic E-state index is 0.161. The van der Waals surface area contributed by atoms with Crippen LogP contribution in [0.25, 0.3) is 0 Å². The van der Waals surface area contributed by atoms with Gasteiger partial charge in [0.05, 0.1) is 0 Å². The van der Waals surface area contributed by atoms with Crippen molar-refractivity contribution in [2.45, 2.75) is 38.6 Å². The lowest BCUT2D eigenvalue weighted by Gasteiger charge is -2.34. The summed E-state index contributed by atoms with van der Waals surface area (Å²) in [7, 11) is 0. The van der Waals surface area contributed by atoms with Crippen LogP contribution >= 0.6 is 0 Å². The maximum absolute atomic E-state index is 13.6. The average molecular weight is 425 g/mol. The summed E-state index contributed by atoms with van der Waals surface area (Å²) in [5.74, 6) is 0.844. The molecule has 3 aromatic rings. The number of carbonyl (C=O) groups is 1. The Morgan fingerprint density at radius 1 is 0.750 bits per heavy atom. The third-order valence-corrected chi connectivity index (χ3v) is 7.16. The standard InChI is InChI=1S/C29H32N2O/c32-29-27-12-6-4-10-25(27)14-15-26-11-5-7-13-28(26)31(29)21-18-23-16-19-30(20-17-23)22-24-8-2-1-3-9-24/h1-13,23H,14-22H2. The number of piperidine rings is 1. The Morgan fingerprint density at radius 3 is 2.22 bits per heavy atom. The van der Waals surface area contributed by atoms with Crippen LogP contribution in [0.4, 0.5) is 5.69 Å². The van der Waals surface area contributed by atoms with Crippen molar-refractivity contribution < 1.29 is 4.79 Å². The van der Waals surface area contributed by atoms with Gasteiger partial charge < -0.3 is 4.90 Å². The van der Waals surface area contributed by atoms with Crippen molar-refractivity contribution in [2.75, 3.05) is 24.5 Å². The minimum atomic E-state index is 0.161. The number of para-hydroxylation sites is 1. The number of hydrogen-bond acceptors (Lipinski definition) is 2. The number of likely N-dealkylation sites (tertiary alicyclic amines) is 1. The number of carbonyl (C=O) groups excluding carboxylic acids is 1. The first-order valence-corrected chi connectivity index (χ1v) is 12.0. The van der Waals surface area contributed by atoms with Gasteiger partial charge in [-0.05, 0) is 79.9 Å². The highest BCUT2D eigenvalue weighted by Crippen LogP contribution is 2.30. The Morgan fingerprint density at radius 2 is 1.41 bits per heavy atom. The second-order valence-corrected chi connectivity index (χ2v) is 9.24. The predicted molar refractivity (Wildman–Crippen MR) is 131 cm³/mol. The van der Waals surface area contributed by atoms with E-state index in [9.17, 15) is 4.79 Å². The smallest absolute Gasteiger partial charge is 0.258 e. The van der Waals surface area contributed by atoms with Crippen LogP contribution in [-0.4, -0.2) is 30.4 Å². The van der Waals surface area contributed by atoms with Crippen LogP contribution < -0.4 is 4.90 Å². The van der Waals surface area contributed by atoms with Gasteiger partial charge in [-0.3, -0.25) is 9.69 Å². The number of amides is 1. The highest BCUT2D eigenvalue weighted by atomic mass is 16.2. The van der Waals surface area contributed by atoms with Gasteiger partial charge in [0.1, 0.15) is 0 Å². The molecule has 32 heavy (non-hydrogen) atoms. The number of hydrogen-bond donors (Lipinski definition) is 0. The van der Waals surface area contributed by atoms with Crippen LogP contribution in [0.2, 0.25) is 0 Å². The average Bonchev–Trinajstić information content (AvgIpc) is 2.84. The molecule has 164 valence electrons. The Balaban J connectivity index is 1.25. The first-order valence-electron chi connectivity index (χ1n) is 12.0. The molecule has 2 aliphatic heterocycles. The maximum Gasteiger partial charge on any atom is 0.258 e. The molecule has 5 rings (SSSR count). The molecule has 2 heterocycles. The van der Waals surface area contributed by atoms with Crippen molar-refractivity contribution in [1.82, 2.24) is 4.90 Å². The third-order valence-electron chi connectivity index (χ3n) is 7.16. The normalized spacial score (nSPS) is 17.4. The molecule has 0 aromatic heterocycles. The minimum Gasteiger partial charge on any atom is -0.308 e. The Labute approximate surface area is 191 Å². The van der Waals surface area contributed by atoms with Gasteiger partial charge in [0.2, 0.25) is 0 Å². The molecule has 2 aliphatic rings. The molecule has 0 atom stereocenters. The Kier molecular flexibility index (Phi) is 6.36. The van der Waals surface area contributed by atoms with E-state index in [0.29, 0.717) is 5.92 Å². The lowest BCUT2D eigenvalue weighted by atomic mass is 9.91. The lowest BCUT2D eigenvalue weighted by molar-refractivity contribution is 0.0981. The zero-order valence-corrected chi connectivity index (χ0v) is 18.7. The number of aryl methyl sites for hydroxylation is 2. The number of anilines is 1. The fourth-order valence-electron chi connectivity index (χ4n) is 5.27. The van der Waals surface area contributed by atoms with Crippen LogP contribution in [0.1, 0.15) is 46.3 Å². The fraction of sp³-hybridized carbons (Fsp3) is 0.345. The molecule has 1 fully saturated rings. The Hall–Kier alpha value is -2.91. The first kappa shape index (κ1) is 21.0. The molecule has 0 unspecified atom stereocenters. The monoisotopic (exact) mass is 424 g/mol. The van der Waals surface area contributed by atoms with Crippen molar-refractivity contribution >= 4 is 11.6 Å². The summed E-state index contributed by atoms with van der Waals surface area (Å²) in [6.45, 7) is 4.13. The summed E-state index contributed by atoms with van der Waals surface area (Å²) < 4.78 is 0. The van der Waals surface area contributed by atoms with Gasteiger partial charge in [-0.15, -0.1) is 0 Å². The van der Waals surface area contributed by atoms with E-state index in [1.165, 1.54) is 29.5 Å². The van der Waals surface area contributed by atoms with Crippen LogP contribution in [-0.2, 0) is 19.4 Å². The van der Waals surface area contributed by atoms with Gasteiger partial charge >= 0.3 is 0 Å². The molecule has 1 amide bonds. The molecule has 0 bridgehead atoms. The van der Waals surface area contributed by atoms with Crippen LogP contribution in [0.5, 0.6) is 0 Å². The maximum atomic E-state index is 13.6. The molecule has 3 aromatic carbocycles. The lowest BCUT2D eigenvalue weighted by Crippen LogP contribution is -2.37. The van der Waals surface area contributed by atoms with Crippen LogP contribution in [0.15, 0.2) is 78.9 Å². The van der Waals surface area contributed by atoms with E-state index < -0.39 is 0 Å². The van der Waals surface area contributed by atoms with Gasteiger partial charge in [-0.1, -0.05) is 66.7 Å². The van der Waals surface area contributed by atoms with Gasteiger partial charge in [-0.25, -0.2) is 0 Å². The van der Waals surface area contributed by atoms with E-state index in [-0.39, 0.29) is 5.91 Å². The van der Waals surface area contributed by atoms with E-state index in [2.05, 4.69) is 70.5 Å². The third kappa shape index (κ3) is 4.63. The predicted octanol–water partition coefficient (Wildman–Crippen LogP) is 5.73. The number of benzene rings is 3. The summed E-state index contributed by atoms with van der Waals surface area (Å²) in [5, 5.41) is 0. The quantitative estimate of drug-likeness (QED) is 0.522. The van der Waals surface area contributed by atoms with Crippen molar-refractivity contribution in [3.05, 3.63) is 101 Å². The van der Waals surface area contributed by atoms with Gasteiger partial charge in [0, 0.05) is 24.3 Å². The van der Waals surface area contributed by atoms with Crippen molar-refractivity contribution in [2.24, 2.45) is 5.92 Å². The molecule has 0 N–H and O–H groups in total. The molecule has 0 aliphatic carbocycles. The highest BCUT2D eigenvalue weighted by molar-refractivity contribution is 6.07. The molecule has 1 saturated heterocycles. The summed E-state index contributed by atoms with van der Waals surface area (Å²) in [6, 6.07) is 27.4. The van der Waals surface area contributed by atoms with E-state index in [0.717, 1.165) is 56.7 Å². The molecule has 0 saturated carbocycles. The van der Waals surface area contributed by atoms with Crippen LogP contribution in [0, 0.1) is 5.92 Å². The van der Waals surface area contributed by atoms with Gasteiger partial charge in [0.25, 0.3) is 5.91 Å². The van der Waals surface area contributed by atoms with E-state index in [4.69, 9.17) is 0 Å². The molecule has 3 nitrogen and oxygen atoms in total. The molecular weight excluding hydrogens is 392 g/mol. The van der Waals surface area contributed by atoms with Crippen molar-refractivity contribution in [1.29, 1.82) is 0 Å². The van der Waals surface area contributed by atoms with E-state index in [1.54, 1.807) is 0 Å². The second kappa shape index (κ2) is 9.70. The molecule has 3 heteroatoms. The number of nitrogens with zero attached hydrogens (tertiary/aromatic N) is 2. The zero-order chi connectivity index (χ0) is 21.8. The molecule has 0 radical (unpaired) electrons. The summed E-state index contributed by atoms with van der Waals surface area (Å²) in [6.07, 6.45) is 5.41. The summed E-state index contributed by atoms with van der Waals surface area (Å²) >= 11 is 0. The molecular formula is C29H32N2O. The van der Waals surface area contributed by atoms with Gasteiger partial charge in [0.15, 0.2) is 0 Å². The molecule has 0 spiro atoms. The fourth-order valence-corrected chi connectivity index (χ4v) is 5.27. The first-order chi connectivity index (χ1) is 15.8. The summed E-state index contributed by atoms with van der Waals surface area (Å²) in [4.78, 5) is 18.2. The van der Waals surface area contributed by atoms with Gasteiger partial charge in [-0.2, -0.15) is 0 Å². The van der Waals surface area contributed by atoms with E-state index in [1.807, 2.05) is 18.2 Å². The van der Waals surface area contributed by atoms with Crippen molar-refractivity contribution in [3.63, 3.8) is 0 Å².